The van der Waals surface area contributed by atoms with Gasteiger partial charge in [0, 0.05) is 10.5 Å². The summed E-state index contributed by atoms with van der Waals surface area (Å²) in [5.74, 6) is -0.298. The van der Waals surface area contributed by atoms with Crippen LogP contribution in [-0.4, -0.2) is 33.2 Å². The Morgan fingerprint density at radius 2 is 2.10 bits per heavy atom. The zero-order valence-electron chi connectivity index (χ0n) is 10.9. The minimum absolute atomic E-state index is 0.180. The Morgan fingerprint density at radius 1 is 1.29 bits per heavy atom. The second-order valence-electron chi connectivity index (χ2n) is 4.33. The van der Waals surface area contributed by atoms with Crippen LogP contribution in [0.4, 0.5) is 0 Å². The van der Waals surface area contributed by atoms with Crippen LogP contribution in [0.25, 0.3) is 16.7 Å². The summed E-state index contributed by atoms with van der Waals surface area (Å²) in [6, 6.07) is 10.2. The number of nitrogens with zero attached hydrogens (tertiary/aromatic N) is 3. The average molecular weight is 348 g/mol. The smallest absolute Gasteiger partial charge is 0.335 e. The first-order valence-corrected chi connectivity index (χ1v) is 6.82. The van der Waals surface area contributed by atoms with Crippen molar-refractivity contribution in [2.24, 2.45) is 0 Å². The molecule has 106 valence electrons. The van der Waals surface area contributed by atoms with Crippen molar-refractivity contribution in [3.05, 3.63) is 46.4 Å². The molecule has 1 aromatic heterocycles. The van der Waals surface area contributed by atoms with Gasteiger partial charge >= 0.3 is 5.97 Å². The summed E-state index contributed by atoms with van der Waals surface area (Å²) in [6.07, 6.45) is 0. The lowest BCUT2D eigenvalue weighted by atomic mass is 10.2. The number of carboxylic acid groups (broad SMARTS) is 1. The predicted octanol–water partition coefficient (Wildman–Crippen LogP) is 2.89. The molecule has 0 spiro atoms. The second-order valence-corrected chi connectivity index (χ2v) is 5.18. The van der Waals surface area contributed by atoms with E-state index in [1.807, 2.05) is 18.2 Å². The number of hydrogen-bond donors (Lipinski definition) is 1. The highest BCUT2D eigenvalue weighted by molar-refractivity contribution is 9.10. The SMILES string of the molecule is COc1ccc(Br)c(-n2nnc3cc(C(=O)O)ccc32)c1. The highest BCUT2D eigenvalue weighted by atomic mass is 79.9. The van der Waals surface area contributed by atoms with Crippen LogP contribution in [0.1, 0.15) is 10.4 Å². The van der Waals surface area contributed by atoms with E-state index in [2.05, 4.69) is 26.2 Å². The van der Waals surface area contributed by atoms with E-state index in [1.54, 1.807) is 17.9 Å². The lowest BCUT2D eigenvalue weighted by molar-refractivity contribution is 0.0697. The van der Waals surface area contributed by atoms with E-state index in [0.29, 0.717) is 16.8 Å². The predicted molar refractivity (Wildman–Crippen MR) is 80.1 cm³/mol. The van der Waals surface area contributed by atoms with Gasteiger partial charge in [-0.2, -0.15) is 0 Å². The summed E-state index contributed by atoms with van der Waals surface area (Å²) in [5.41, 5.74) is 2.18. The molecule has 2 aromatic carbocycles. The Morgan fingerprint density at radius 3 is 2.81 bits per heavy atom. The van der Waals surface area contributed by atoms with Crippen LogP contribution in [0.15, 0.2) is 40.9 Å². The third kappa shape index (κ3) is 2.36. The molecule has 1 heterocycles. The molecule has 0 unspecified atom stereocenters. The molecule has 3 rings (SSSR count). The summed E-state index contributed by atoms with van der Waals surface area (Å²) >= 11 is 3.47. The Bertz CT molecular complexity index is 845. The van der Waals surface area contributed by atoms with Crippen molar-refractivity contribution in [2.75, 3.05) is 7.11 Å². The van der Waals surface area contributed by atoms with Gasteiger partial charge in [0.1, 0.15) is 11.3 Å². The minimum atomic E-state index is -0.992. The van der Waals surface area contributed by atoms with E-state index in [9.17, 15) is 4.79 Å². The Hall–Kier alpha value is -2.41. The quantitative estimate of drug-likeness (QED) is 0.788. The lowest BCUT2D eigenvalue weighted by Crippen LogP contribution is -1.99. The number of methoxy groups -OCH3 is 1. The molecule has 1 N–H and O–H groups in total. The van der Waals surface area contributed by atoms with Crippen LogP contribution < -0.4 is 4.74 Å². The first-order valence-electron chi connectivity index (χ1n) is 6.03. The fourth-order valence-corrected chi connectivity index (χ4v) is 2.43. The van der Waals surface area contributed by atoms with Crippen LogP contribution >= 0.6 is 15.9 Å². The van der Waals surface area contributed by atoms with Crippen LogP contribution in [0.5, 0.6) is 5.75 Å². The Kier molecular flexibility index (Phi) is 3.34. The molecule has 0 radical (unpaired) electrons. The molecule has 0 aliphatic carbocycles. The maximum Gasteiger partial charge on any atom is 0.335 e. The molecule has 3 aromatic rings. The van der Waals surface area contributed by atoms with E-state index in [1.165, 1.54) is 12.1 Å². The molecule has 21 heavy (non-hydrogen) atoms. The van der Waals surface area contributed by atoms with Gasteiger partial charge in [0.25, 0.3) is 0 Å². The molecule has 0 saturated heterocycles. The molecule has 0 bridgehead atoms. The molecular formula is C14H10BrN3O3. The van der Waals surface area contributed by atoms with Crippen LogP contribution in [-0.2, 0) is 0 Å². The zero-order valence-corrected chi connectivity index (χ0v) is 12.5. The third-order valence-corrected chi connectivity index (χ3v) is 3.74. The molecule has 0 fully saturated rings. The number of hydrogen-bond acceptors (Lipinski definition) is 4. The Balaban J connectivity index is 2.19. The minimum Gasteiger partial charge on any atom is -0.497 e. The molecule has 0 aliphatic rings. The number of rotatable bonds is 3. The maximum atomic E-state index is 11.0. The lowest BCUT2D eigenvalue weighted by Gasteiger charge is -2.07. The highest BCUT2D eigenvalue weighted by Crippen LogP contribution is 2.28. The summed E-state index contributed by atoms with van der Waals surface area (Å²) in [7, 11) is 1.59. The van der Waals surface area contributed by atoms with Gasteiger partial charge in [-0.15, -0.1) is 5.10 Å². The van der Waals surface area contributed by atoms with Crippen LogP contribution in [0.3, 0.4) is 0 Å². The van der Waals surface area contributed by atoms with Crippen molar-refractivity contribution in [3.8, 4) is 11.4 Å². The van der Waals surface area contributed by atoms with Gasteiger partial charge in [0.2, 0.25) is 0 Å². The summed E-state index contributed by atoms with van der Waals surface area (Å²) in [4.78, 5) is 11.0. The van der Waals surface area contributed by atoms with Crippen molar-refractivity contribution in [1.82, 2.24) is 15.0 Å². The number of aromatic carboxylic acids is 1. The van der Waals surface area contributed by atoms with E-state index in [4.69, 9.17) is 9.84 Å². The molecule has 0 atom stereocenters. The molecule has 6 nitrogen and oxygen atoms in total. The van der Waals surface area contributed by atoms with Crippen molar-refractivity contribution in [1.29, 1.82) is 0 Å². The van der Waals surface area contributed by atoms with Crippen molar-refractivity contribution >= 4 is 32.9 Å². The standard InChI is InChI=1S/C14H10BrN3O3/c1-21-9-3-4-10(15)13(7-9)18-12-5-2-8(14(19)20)6-11(12)16-17-18/h2-7H,1H3,(H,19,20). The molecule has 7 heteroatoms. The summed E-state index contributed by atoms with van der Waals surface area (Å²) < 4.78 is 7.67. The van der Waals surface area contributed by atoms with E-state index < -0.39 is 5.97 Å². The summed E-state index contributed by atoms with van der Waals surface area (Å²) in [6.45, 7) is 0. The van der Waals surface area contributed by atoms with Gasteiger partial charge in [-0.05, 0) is 46.3 Å². The average Bonchev–Trinajstić information content (AvgIpc) is 2.90. The monoisotopic (exact) mass is 347 g/mol. The number of benzene rings is 2. The van der Waals surface area contributed by atoms with E-state index in [-0.39, 0.29) is 5.56 Å². The molecule has 0 saturated carbocycles. The van der Waals surface area contributed by atoms with Crippen molar-refractivity contribution in [2.45, 2.75) is 0 Å². The van der Waals surface area contributed by atoms with Crippen molar-refractivity contribution < 1.29 is 14.6 Å². The molecule has 0 amide bonds. The first kappa shape index (κ1) is 13.6. The number of halogens is 1. The fourth-order valence-electron chi connectivity index (χ4n) is 2.02. The van der Waals surface area contributed by atoms with Gasteiger partial charge in [-0.25, -0.2) is 9.48 Å². The van der Waals surface area contributed by atoms with Crippen LogP contribution in [0.2, 0.25) is 0 Å². The van der Waals surface area contributed by atoms with Gasteiger partial charge in [0.05, 0.1) is 23.9 Å². The Labute approximate surface area is 128 Å². The van der Waals surface area contributed by atoms with Gasteiger partial charge < -0.3 is 9.84 Å². The van der Waals surface area contributed by atoms with E-state index >= 15 is 0 Å². The normalized spacial score (nSPS) is 10.8. The van der Waals surface area contributed by atoms with Crippen LogP contribution in [0, 0.1) is 0 Å². The topological polar surface area (TPSA) is 77.2 Å². The zero-order chi connectivity index (χ0) is 15.0. The first-order chi connectivity index (χ1) is 10.1. The van der Waals surface area contributed by atoms with Gasteiger partial charge in [-0.1, -0.05) is 5.21 Å². The fraction of sp³-hybridized carbons (Fsp3) is 0.0714. The maximum absolute atomic E-state index is 11.0. The summed E-state index contributed by atoms with van der Waals surface area (Å²) in [5, 5.41) is 17.1. The molecule has 0 aliphatic heterocycles. The highest BCUT2D eigenvalue weighted by Gasteiger charge is 2.12. The number of carboxylic acids is 1. The number of aromatic nitrogens is 3. The van der Waals surface area contributed by atoms with Gasteiger partial charge in [-0.3, -0.25) is 0 Å². The van der Waals surface area contributed by atoms with Gasteiger partial charge in [0.15, 0.2) is 0 Å². The second kappa shape index (κ2) is 5.17. The van der Waals surface area contributed by atoms with E-state index in [0.717, 1.165) is 10.2 Å². The van der Waals surface area contributed by atoms with Crippen molar-refractivity contribution in [3.63, 3.8) is 0 Å². The number of carbonyl (C=O) groups is 1. The number of ether oxygens (including phenoxy) is 1. The third-order valence-electron chi connectivity index (χ3n) is 3.07. The molecular weight excluding hydrogens is 338 g/mol. The largest absolute Gasteiger partial charge is 0.497 e. The number of fused-ring (bicyclic) bond motifs is 1.